The van der Waals surface area contributed by atoms with E-state index in [1.54, 1.807) is 6.33 Å². The number of hydrogen-bond acceptors (Lipinski definition) is 3. The van der Waals surface area contributed by atoms with E-state index in [0.717, 1.165) is 37.7 Å². The fourth-order valence-corrected chi connectivity index (χ4v) is 2.33. The lowest BCUT2D eigenvalue weighted by Crippen LogP contribution is -2.13. The first-order valence-electron chi connectivity index (χ1n) is 5.97. The van der Waals surface area contributed by atoms with Gasteiger partial charge in [-0.25, -0.2) is 9.67 Å². The van der Waals surface area contributed by atoms with Gasteiger partial charge in [-0.2, -0.15) is 5.10 Å². The average molecular weight is 208 g/mol. The van der Waals surface area contributed by atoms with Crippen molar-refractivity contribution in [3.8, 4) is 0 Å². The first kappa shape index (κ1) is 10.6. The van der Waals surface area contributed by atoms with Gasteiger partial charge in [0.25, 0.3) is 0 Å². The van der Waals surface area contributed by atoms with Crippen molar-refractivity contribution in [1.82, 2.24) is 14.8 Å². The lowest BCUT2D eigenvalue weighted by molar-refractivity contribution is 0.416. The summed E-state index contributed by atoms with van der Waals surface area (Å²) in [6, 6.07) is 0. The Balaban J connectivity index is 1.91. The van der Waals surface area contributed by atoms with Crippen LogP contribution in [0.2, 0.25) is 0 Å². The molecule has 0 radical (unpaired) electrons. The Morgan fingerprint density at radius 3 is 2.93 bits per heavy atom. The molecule has 1 heterocycles. The largest absolute Gasteiger partial charge is 0.330 e. The molecule has 0 atom stereocenters. The number of aryl methyl sites for hydroxylation is 1. The maximum Gasteiger partial charge on any atom is 0.138 e. The molecule has 1 saturated carbocycles. The van der Waals surface area contributed by atoms with Crippen molar-refractivity contribution in [3.63, 3.8) is 0 Å². The molecule has 1 aromatic heterocycles. The molecule has 0 aromatic carbocycles. The zero-order chi connectivity index (χ0) is 10.5. The van der Waals surface area contributed by atoms with Gasteiger partial charge in [0.15, 0.2) is 0 Å². The summed E-state index contributed by atoms with van der Waals surface area (Å²) in [4.78, 5) is 4.29. The number of nitrogens with two attached hydrogens (primary N) is 1. The molecular formula is C11H20N4. The van der Waals surface area contributed by atoms with E-state index in [1.807, 2.05) is 0 Å². The summed E-state index contributed by atoms with van der Waals surface area (Å²) in [5.74, 6) is 1.93. The monoisotopic (exact) mass is 208 g/mol. The fourth-order valence-electron chi connectivity index (χ4n) is 2.33. The third-order valence-corrected chi connectivity index (χ3v) is 3.21. The third kappa shape index (κ3) is 2.78. The Morgan fingerprint density at radius 2 is 2.20 bits per heavy atom. The Kier molecular flexibility index (Phi) is 3.72. The molecule has 1 fully saturated rings. The Hall–Kier alpha value is -0.900. The highest BCUT2D eigenvalue weighted by molar-refractivity contribution is 4.86. The molecule has 2 N–H and O–H groups in total. The second-order valence-electron chi connectivity index (χ2n) is 4.40. The lowest BCUT2D eigenvalue weighted by atomic mass is 10.1. The first-order chi connectivity index (χ1) is 7.40. The molecule has 4 nitrogen and oxygen atoms in total. The molecule has 2 rings (SSSR count). The van der Waals surface area contributed by atoms with E-state index in [0.29, 0.717) is 0 Å². The van der Waals surface area contributed by atoms with Gasteiger partial charge in [0, 0.05) is 13.0 Å². The van der Waals surface area contributed by atoms with Crippen LogP contribution in [0, 0.1) is 5.92 Å². The van der Waals surface area contributed by atoms with Gasteiger partial charge in [-0.05, 0) is 31.7 Å². The molecule has 0 spiro atoms. The second kappa shape index (κ2) is 5.26. The minimum Gasteiger partial charge on any atom is -0.330 e. The van der Waals surface area contributed by atoms with Crippen molar-refractivity contribution in [2.24, 2.45) is 11.7 Å². The van der Waals surface area contributed by atoms with Crippen LogP contribution in [0.4, 0.5) is 0 Å². The molecule has 0 amide bonds. The molecule has 1 aliphatic carbocycles. The van der Waals surface area contributed by atoms with E-state index >= 15 is 0 Å². The van der Waals surface area contributed by atoms with Crippen LogP contribution in [0.1, 0.15) is 37.9 Å². The summed E-state index contributed by atoms with van der Waals surface area (Å²) in [6.07, 6.45) is 9.12. The predicted octanol–water partition coefficient (Wildman–Crippen LogP) is 1.36. The van der Waals surface area contributed by atoms with Crippen LogP contribution in [0.3, 0.4) is 0 Å². The van der Waals surface area contributed by atoms with Crippen LogP contribution in [0.5, 0.6) is 0 Å². The van der Waals surface area contributed by atoms with Crippen molar-refractivity contribution in [2.75, 3.05) is 6.54 Å². The Morgan fingerprint density at radius 1 is 1.40 bits per heavy atom. The van der Waals surface area contributed by atoms with E-state index in [4.69, 9.17) is 5.73 Å². The number of hydrogen-bond donors (Lipinski definition) is 1. The number of nitrogens with zero attached hydrogens (tertiary/aromatic N) is 3. The lowest BCUT2D eigenvalue weighted by Gasteiger charge is -2.10. The standard InChI is InChI=1S/C11H20N4/c12-7-3-6-11-13-9-14-15(11)8-10-4-1-2-5-10/h9-10H,1-8,12H2. The quantitative estimate of drug-likeness (QED) is 0.795. The molecule has 84 valence electrons. The molecule has 0 aliphatic heterocycles. The van der Waals surface area contributed by atoms with Gasteiger partial charge in [0.2, 0.25) is 0 Å². The summed E-state index contributed by atoms with van der Waals surface area (Å²) >= 11 is 0. The zero-order valence-electron chi connectivity index (χ0n) is 9.23. The normalized spacial score (nSPS) is 17.4. The molecule has 1 aromatic rings. The van der Waals surface area contributed by atoms with Gasteiger partial charge in [-0.3, -0.25) is 0 Å². The smallest absolute Gasteiger partial charge is 0.138 e. The van der Waals surface area contributed by atoms with Crippen LogP contribution in [-0.4, -0.2) is 21.3 Å². The highest BCUT2D eigenvalue weighted by Crippen LogP contribution is 2.26. The zero-order valence-corrected chi connectivity index (χ0v) is 9.23. The van der Waals surface area contributed by atoms with E-state index in [2.05, 4.69) is 14.8 Å². The van der Waals surface area contributed by atoms with Gasteiger partial charge >= 0.3 is 0 Å². The third-order valence-electron chi connectivity index (χ3n) is 3.21. The van der Waals surface area contributed by atoms with Crippen LogP contribution < -0.4 is 5.73 Å². The minimum atomic E-state index is 0.732. The average Bonchev–Trinajstić information content (AvgIpc) is 2.87. The second-order valence-corrected chi connectivity index (χ2v) is 4.40. The SMILES string of the molecule is NCCCc1ncnn1CC1CCCC1. The number of rotatable bonds is 5. The van der Waals surface area contributed by atoms with E-state index in [9.17, 15) is 0 Å². The fraction of sp³-hybridized carbons (Fsp3) is 0.818. The van der Waals surface area contributed by atoms with Crippen LogP contribution in [0.25, 0.3) is 0 Å². The van der Waals surface area contributed by atoms with Gasteiger partial charge in [-0.1, -0.05) is 12.8 Å². The van der Waals surface area contributed by atoms with Crippen molar-refractivity contribution < 1.29 is 0 Å². The molecule has 0 unspecified atom stereocenters. The Bertz CT molecular complexity index is 289. The highest BCUT2D eigenvalue weighted by Gasteiger charge is 2.17. The van der Waals surface area contributed by atoms with E-state index in [1.165, 1.54) is 25.7 Å². The van der Waals surface area contributed by atoms with Crippen molar-refractivity contribution in [1.29, 1.82) is 0 Å². The molecule has 0 saturated heterocycles. The molecule has 15 heavy (non-hydrogen) atoms. The summed E-state index contributed by atoms with van der Waals surface area (Å²) in [5, 5.41) is 4.30. The summed E-state index contributed by atoms with van der Waals surface area (Å²) in [6.45, 7) is 1.79. The first-order valence-corrected chi connectivity index (χ1v) is 5.97. The molecule has 0 bridgehead atoms. The minimum absolute atomic E-state index is 0.732. The van der Waals surface area contributed by atoms with Crippen molar-refractivity contribution in [3.05, 3.63) is 12.2 Å². The number of aromatic nitrogens is 3. The van der Waals surface area contributed by atoms with Gasteiger partial charge < -0.3 is 5.73 Å². The van der Waals surface area contributed by atoms with Crippen molar-refractivity contribution in [2.45, 2.75) is 45.1 Å². The van der Waals surface area contributed by atoms with Gasteiger partial charge in [0.05, 0.1) is 0 Å². The topological polar surface area (TPSA) is 56.7 Å². The van der Waals surface area contributed by atoms with Crippen LogP contribution in [-0.2, 0) is 13.0 Å². The maximum atomic E-state index is 5.50. The predicted molar refractivity (Wildman–Crippen MR) is 59.4 cm³/mol. The van der Waals surface area contributed by atoms with Gasteiger partial charge in [-0.15, -0.1) is 0 Å². The van der Waals surface area contributed by atoms with Gasteiger partial charge in [0.1, 0.15) is 12.2 Å². The van der Waals surface area contributed by atoms with Crippen LogP contribution in [0.15, 0.2) is 6.33 Å². The van der Waals surface area contributed by atoms with E-state index in [-0.39, 0.29) is 0 Å². The maximum absolute atomic E-state index is 5.50. The summed E-state index contributed by atoms with van der Waals surface area (Å²) in [5.41, 5.74) is 5.50. The van der Waals surface area contributed by atoms with E-state index < -0.39 is 0 Å². The summed E-state index contributed by atoms with van der Waals surface area (Å²) in [7, 11) is 0. The highest BCUT2D eigenvalue weighted by atomic mass is 15.3. The van der Waals surface area contributed by atoms with Crippen LogP contribution >= 0.6 is 0 Å². The van der Waals surface area contributed by atoms with Crippen molar-refractivity contribution >= 4 is 0 Å². The Labute approximate surface area is 90.9 Å². The molecular weight excluding hydrogens is 188 g/mol. The summed E-state index contributed by atoms with van der Waals surface area (Å²) < 4.78 is 2.08. The molecule has 1 aliphatic rings. The molecule has 4 heteroatoms.